The van der Waals surface area contributed by atoms with E-state index >= 15 is 0 Å². The fourth-order valence-electron chi connectivity index (χ4n) is 3.50. The molecule has 1 aliphatic heterocycles. The molecule has 2 aromatic rings. The van der Waals surface area contributed by atoms with E-state index in [1.54, 1.807) is 32.4 Å². The molecule has 33 heavy (non-hydrogen) atoms. The first-order valence-corrected chi connectivity index (χ1v) is 11.7. The topological polar surface area (TPSA) is 95.2 Å². The summed E-state index contributed by atoms with van der Waals surface area (Å²) in [6, 6.07) is 10.8. The average Bonchev–Trinajstić information content (AvgIpc) is 2.83. The molecule has 3 N–H and O–H groups in total. The lowest BCUT2D eigenvalue weighted by Gasteiger charge is -2.21. The number of aliphatic imine (C=N–C) groups is 1. The Hall–Kier alpha value is -2.55. The van der Waals surface area contributed by atoms with Gasteiger partial charge in [0.15, 0.2) is 0 Å². The van der Waals surface area contributed by atoms with Gasteiger partial charge in [0, 0.05) is 41.0 Å². The molecular weight excluding hydrogens is 510 g/mol. The summed E-state index contributed by atoms with van der Waals surface area (Å²) in [6.07, 6.45) is 3.03. The highest BCUT2D eigenvalue weighted by atomic mass is 79.9. The van der Waals surface area contributed by atoms with Crippen molar-refractivity contribution in [3.8, 4) is 11.5 Å². The lowest BCUT2D eigenvalue weighted by molar-refractivity contribution is -0.117. The third kappa shape index (κ3) is 6.50. The van der Waals surface area contributed by atoms with Crippen LogP contribution in [0.5, 0.6) is 11.5 Å². The van der Waals surface area contributed by atoms with Crippen molar-refractivity contribution in [2.24, 2.45) is 10.7 Å². The zero-order valence-corrected chi connectivity index (χ0v) is 20.9. The number of rotatable bonds is 8. The van der Waals surface area contributed by atoms with Crippen molar-refractivity contribution in [3.05, 3.63) is 68.8 Å². The second-order valence-electron chi connectivity index (χ2n) is 7.41. The summed E-state index contributed by atoms with van der Waals surface area (Å²) in [7, 11) is 3.15. The molecule has 2 aromatic carbocycles. The van der Waals surface area contributed by atoms with Crippen LogP contribution in [0.1, 0.15) is 24.0 Å². The maximum Gasteiger partial charge on any atom is 0.255 e. The molecule has 1 fully saturated rings. The molecule has 3 rings (SSSR count). The lowest BCUT2D eigenvalue weighted by Crippen LogP contribution is -2.31. The fraction of sp³-hybridized carbons (Fsp3) is 0.333. The molecule has 9 heteroatoms. The van der Waals surface area contributed by atoms with Gasteiger partial charge in [-0.2, -0.15) is 0 Å². The van der Waals surface area contributed by atoms with E-state index in [0.717, 1.165) is 22.9 Å². The van der Waals surface area contributed by atoms with E-state index in [4.69, 9.17) is 36.5 Å². The molecule has 1 unspecified atom stereocenters. The highest BCUT2D eigenvalue weighted by molar-refractivity contribution is 9.10. The number of methoxy groups -OCH3 is 2. The molecule has 1 heterocycles. The van der Waals surface area contributed by atoms with E-state index in [1.807, 2.05) is 18.2 Å². The maximum absolute atomic E-state index is 13.2. The minimum atomic E-state index is -0.371. The Labute approximate surface area is 207 Å². The third-order valence-corrected chi connectivity index (χ3v) is 6.04. The van der Waals surface area contributed by atoms with Gasteiger partial charge in [0.05, 0.1) is 43.2 Å². The molecular formula is C24H27BrClN3O4. The third-order valence-electron chi connectivity index (χ3n) is 5.23. The predicted molar refractivity (Wildman–Crippen MR) is 133 cm³/mol. The molecule has 0 bridgehead atoms. The van der Waals surface area contributed by atoms with Gasteiger partial charge in [0.1, 0.15) is 11.5 Å². The minimum absolute atomic E-state index is 0.0853. The maximum atomic E-state index is 13.2. The van der Waals surface area contributed by atoms with Gasteiger partial charge in [-0.25, -0.2) is 0 Å². The standard InChI is InChI=1S/C24H27BrClN3O4/c1-31-18-7-5-15(22(11-18)32-2)13-28-24(30)20(12-27)23(29-17-4-3-9-33-14-17)19-8-6-16(25)10-21(19)26/h5-8,10-12,17H,3-4,9,13-14,27H2,1-2H3,(H,28,30)/b20-12+,29-23?. The minimum Gasteiger partial charge on any atom is -0.497 e. The van der Waals surface area contributed by atoms with Gasteiger partial charge in [-0.3, -0.25) is 9.79 Å². The first-order chi connectivity index (χ1) is 16.0. The van der Waals surface area contributed by atoms with Gasteiger partial charge < -0.3 is 25.3 Å². The second kappa shape index (κ2) is 12.1. The molecule has 176 valence electrons. The van der Waals surface area contributed by atoms with Crippen LogP contribution < -0.4 is 20.5 Å². The number of benzene rings is 2. The smallest absolute Gasteiger partial charge is 0.255 e. The average molecular weight is 537 g/mol. The predicted octanol–water partition coefficient (Wildman–Crippen LogP) is 4.25. The van der Waals surface area contributed by atoms with Crippen LogP contribution in [-0.2, 0) is 16.1 Å². The Morgan fingerprint density at radius 2 is 2.12 bits per heavy atom. The number of halogens is 2. The summed E-state index contributed by atoms with van der Waals surface area (Å²) in [5.74, 6) is 0.903. The van der Waals surface area contributed by atoms with Crippen molar-refractivity contribution >= 4 is 39.1 Å². The number of carbonyl (C=O) groups is 1. The number of ether oxygens (including phenoxy) is 3. The molecule has 0 saturated carbocycles. The number of amides is 1. The molecule has 1 aliphatic rings. The van der Waals surface area contributed by atoms with Crippen LogP contribution in [0.15, 0.2) is 57.6 Å². The number of hydrogen-bond donors (Lipinski definition) is 2. The fourth-order valence-corrected chi connectivity index (χ4v) is 4.27. The summed E-state index contributed by atoms with van der Waals surface area (Å²) >= 11 is 9.94. The zero-order chi connectivity index (χ0) is 23.8. The Balaban J connectivity index is 1.88. The normalized spacial score (nSPS) is 16.9. The zero-order valence-electron chi connectivity index (χ0n) is 18.6. The van der Waals surface area contributed by atoms with Gasteiger partial charge in [0.25, 0.3) is 5.91 Å². The summed E-state index contributed by atoms with van der Waals surface area (Å²) < 4.78 is 17.0. The molecule has 1 atom stereocenters. The van der Waals surface area contributed by atoms with Crippen LogP contribution in [-0.4, -0.2) is 45.1 Å². The van der Waals surface area contributed by atoms with Gasteiger partial charge in [-0.1, -0.05) is 33.6 Å². The van der Waals surface area contributed by atoms with Gasteiger partial charge in [0.2, 0.25) is 0 Å². The van der Waals surface area contributed by atoms with Crippen LogP contribution in [0.25, 0.3) is 0 Å². The van der Waals surface area contributed by atoms with E-state index in [9.17, 15) is 4.79 Å². The Morgan fingerprint density at radius 3 is 2.76 bits per heavy atom. The highest BCUT2D eigenvalue weighted by Crippen LogP contribution is 2.27. The van der Waals surface area contributed by atoms with Crippen LogP contribution in [0.3, 0.4) is 0 Å². The molecule has 0 aliphatic carbocycles. The molecule has 0 aromatic heterocycles. The first-order valence-electron chi connectivity index (χ1n) is 10.5. The summed E-state index contributed by atoms with van der Waals surface area (Å²) in [5.41, 5.74) is 8.02. The molecule has 0 radical (unpaired) electrons. The molecule has 1 amide bonds. The number of carbonyl (C=O) groups excluding carboxylic acids is 1. The van der Waals surface area contributed by atoms with Crippen LogP contribution in [0, 0.1) is 0 Å². The summed E-state index contributed by atoms with van der Waals surface area (Å²) in [5, 5.41) is 3.37. The van der Waals surface area contributed by atoms with Crippen LogP contribution in [0.2, 0.25) is 5.02 Å². The van der Waals surface area contributed by atoms with Gasteiger partial charge >= 0.3 is 0 Å². The van der Waals surface area contributed by atoms with Gasteiger partial charge in [-0.05, 0) is 37.1 Å². The SMILES string of the molecule is COc1ccc(CNC(=O)/C(=C/N)C(=NC2CCCOC2)c2ccc(Br)cc2Cl)c(OC)c1. The Kier molecular flexibility index (Phi) is 9.17. The Morgan fingerprint density at radius 1 is 1.30 bits per heavy atom. The van der Waals surface area contributed by atoms with Gasteiger partial charge in [-0.15, -0.1) is 0 Å². The van der Waals surface area contributed by atoms with Crippen molar-refractivity contribution in [3.63, 3.8) is 0 Å². The van der Waals surface area contributed by atoms with Crippen molar-refractivity contribution in [2.45, 2.75) is 25.4 Å². The summed E-state index contributed by atoms with van der Waals surface area (Å²) in [6.45, 7) is 1.43. The van der Waals surface area contributed by atoms with E-state index < -0.39 is 0 Å². The van der Waals surface area contributed by atoms with Crippen molar-refractivity contribution in [1.29, 1.82) is 0 Å². The number of hydrogen-bond acceptors (Lipinski definition) is 6. The molecule has 1 saturated heterocycles. The molecule has 0 spiro atoms. The summed E-state index contributed by atoms with van der Waals surface area (Å²) in [4.78, 5) is 18.1. The lowest BCUT2D eigenvalue weighted by atomic mass is 10.0. The number of nitrogens with two attached hydrogens (primary N) is 1. The second-order valence-corrected chi connectivity index (χ2v) is 8.74. The van der Waals surface area contributed by atoms with E-state index in [0.29, 0.717) is 41.0 Å². The van der Waals surface area contributed by atoms with Crippen LogP contribution >= 0.6 is 27.5 Å². The Bertz CT molecular complexity index is 1050. The number of nitrogens with zero attached hydrogens (tertiary/aromatic N) is 1. The monoisotopic (exact) mass is 535 g/mol. The van der Waals surface area contributed by atoms with Crippen molar-refractivity contribution < 1.29 is 19.0 Å². The first kappa shape index (κ1) is 25.1. The number of nitrogens with one attached hydrogen (secondary N) is 1. The largest absolute Gasteiger partial charge is 0.497 e. The van der Waals surface area contributed by atoms with E-state index in [-0.39, 0.29) is 24.1 Å². The van der Waals surface area contributed by atoms with E-state index in [2.05, 4.69) is 21.2 Å². The van der Waals surface area contributed by atoms with Crippen molar-refractivity contribution in [2.75, 3.05) is 27.4 Å². The van der Waals surface area contributed by atoms with E-state index in [1.165, 1.54) is 6.20 Å². The van der Waals surface area contributed by atoms with Crippen molar-refractivity contribution in [1.82, 2.24) is 5.32 Å². The molecule has 7 nitrogen and oxygen atoms in total. The highest BCUT2D eigenvalue weighted by Gasteiger charge is 2.23. The van der Waals surface area contributed by atoms with Crippen LogP contribution in [0.4, 0.5) is 0 Å². The quantitative estimate of drug-likeness (QED) is 0.389.